The minimum Gasteiger partial charge on any atom is -0.493 e. The summed E-state index contributed by atoms with van der Waals surface area (Å²) in [6.45, 7) is 6.80. The van der Waals surface area contributed by atoms with Gasteiger partial charge in [0.05, 0.1) is 20.0 Å². The number of rotatable bonds is 9. The van der Waals surface area contributed by atoms with Crippen LogP contribution >= 0.6 is 0 Å². The van der Waals surface area contributed by atoms with Crippen molar-refractivity contribution in [3.63, 3.8) is 0 Å². The molecule has 0 saturated heterocycles. The lowest BCUT2D eigenvalue weighted by molar-refractivity contribution is -0.0672. The fourth-order valence-electron chi connectivity index (χ4n) is 2.32. The van der Waals surface area contributed by atoms with Gasteiger partial charge >= 0.3 is 0 Å². The Morgan fingerprint density at radius 2 is 1.96 bits per heavy atom. The number of furan rings is 1. The summed E-state index contributed by atoms with van der Waals surface area (Å²) in [7, 11) is 1.66. The Balaban J connectivity index is 1.90. The lowest BCUT2D eigenvalue weighted by Crippen LogP contribution is -2.18. The summed E-state index contributed by atoms with van der Waals surface area (Å²) < 4.78 is 22.3. The average Bonchev–Trinajstić information content (AvgIpc) is 3.07. The lowest BCUT2D eigenvalue weighted by atomic mass is 9.98. The summed E-state index contributed by atoms with van der Waals surface area (Å²) in [5, 5.41) is 0. The molecule has 4 nitrogen and oxygen atoms in total. The van der Waals surface area contributed by atoms with Crippen LogP contribution in [-0.2, 0) is 11.2 Å². The molecular weight excluding hydrogens is 292 g/mol. The molecule has 1 aromatic heterocycles. The molecule has 4 heteroatoms. The van der Waals surface area contributed by atoms with Crippen LogP contribution in [0.3, 0.4) is 0 Å². The van der Waals surface area contributed by atoms with Gasteiger partial charge in [-0.05, 0) is 49.1 Å². The summed E-state index contributed by atoms with van der Waals surface area (Å²) in [6, 6.07) is 9.89. The van der Waals surface area contributed by atoms with Crippen molar-refractivity contribution in [2.45, 2.75) is 45.8 Å². The van der Waals surface area contributed by atoms with Gasteiger partial charge in [0.15, 0.2) is 17.8 Å². The van der Waals surface area contributed by atoms with E-state index in [0.29, 0.717) is 18.3 Å². The normalized spacial score (nSPS) is 13.6. The molecule has 0 aliphatic rings. The first kappa shape index (κ1) is 17.4. The molecule has 2 aromatic rings. The maximum Gasteiger partial charge on any atom is 0.197 e. The second-order valence-corrected chi connectivity index (χ2v) is 5.61. The van der Waals surface area contributed by atoms with Gasteiger partial charge in [0.25, 0.3) is 0 Å². The standard InChI is InChI=1S/C19H26O4/c1-5-14(2)16-8-9-18(19(13-16)20-4)23-15(3)21-12-10-17-7-6-11-22-17/h6-9,11,13-15H,5,10,12H2,1-4H3. The number of benzene rings is 1. The van der Waals surface area contributed by atoms with Crippen molar-refractivity contribution in [3.8, 4) is 11.5 Å². The minimum atomic E-state index is -0.353. The lowest BCUT2D eigenvalue weighted by Gasteiger charge is -2.19. The first-order chi connectivity index (χ1) is 11.1. The van der Waals surface area contributed by atoms with Gasteiger partial charge in [-0.3, -0.25) is 0 Å². The molecule has 0 aliphatic carbocycles. The summed E-state index contributed by atoms with van der Waals surface area (Å²) in [4.78, 5) is 0. The SMILES string of the molecule is CCC(C)c1ccc(OC(C)OCCc2ccco2)c(OC)c1. The fraction of sp³-hybridized carbons (Fsp3) is 0.474. The molecule has 0 N–H and O–H groups in total. The highest BCUT2D eigenvalue weighted by molar-refractivity contribution is 5.43. The van der Waals surface area contributed by atoms with Crippen LogP contribution in [0.4, 0.5) is 0 Å². The summed E-state index contributed by atoms with van der Waals surface area (Å²) in [5.74, 6) is 2.85. The largest absolute Gasteiger partial charge is 0.493 e. The van der Waals surface area contributed by atoms with Crippen molar-refractivity contribution in [3.05, 3.63) is 47.9 Å². The number of methoxy groups -OCH3 is 1. The number of hydrogen-bond donors (Lipinski definition) is 0. The Bertz CT molecular complexity index is 577. The van der Waals surface area contributed by atoms with Crippen molar-refractivity contribution >= 4 is 0 Å². The van der Waals surface area contributed by atoms with Crippen LogP contribution in [-0.4, -0.2) is 20.0 Å². The second-order valence-electron chi connectivity index (χ2n) is 5.61. The highest BCUT2D eigenvalue weighted by Gasteiger charge is 2.12. The number of hydrogen-bond acceptors (Lipinski definition) is 4. The van der Waals surface area contributed by atoms with Gasteiger partial charge in [-0.15, -0.1) is 0 Å². The molecule has 0 aliphatic heterocycles. The van der Waals surface area contributed by atoms with E-state index < -0.39 is 0 Å². The molecule has 1 aromatic carbocycles. The molecule has 2 rings (SSSR count). The molecule has 0 amide bonds. The molecule has 23 heavy (non-hydrogen) atoms. The highest BCUT2D eigenvalue weighted by Crippen LogP contribution is 2.32. The van der Waals surface area contributed by atoms with Gasteiger partial charge in [-0.25, -0.2) is 0 Å². The van der Waals surface area contributed by atoms with Crippen LogP contribution in [0.5, 0.6) is 11.5 Å². The van der Waals surface area contributed by atoms with E-state index in [1.807, 2.05) is 31.2 Å². The van der Waals surface area contributed by atoms with Gasteiger partial charge < -0.3 is 18.6 Å². The smallest absolute Gasteiger partial charge is 0.197 e. The fourth-order valence-corrected chi connectivity index (χ4v) is 2.32. The topological polar surface area (TPSA) is 40.8 Å². The predicted molar refractivity (Wildman–Crippen MR) is 90.2 cm³/mol. The molecule has 126 valence electrons. The summed E-state index contributed by atoms with van der Waals surface area (Å²) in [5.41, 5.74) is 1.25. The van der Waals surface area contributed by atoms with Crippen molar-refractivity contribution in [1.82, 2.24) is 0 Å². The Kier molecular flexibility index (Phi) is 6.53. The van der Waals surface area contributed by atoms with Crippen LogP contribution < -0.4 is 9.47 Å². The van der Waals surface area contributed by atoms with Crippen molar-refractivity contribution < 1.29 is 18.6 Å². The predicted octanol–water partition coefficient (Wildman–Crippen LogP) is 4.79. The zero-order valence-electron chi connectivity index (χ0n) is 14.4. The molecule has 0 bridgehead atoms. The van der Waals surface area contributed by atoms with Crippen LogP contribution in [0.25, 0.3) is 0 Å². The molecule has 2 unspecified atom stereocenters. The summed E-state index contributed by atoms with van der Waals surface area (Å²) >= 11 is 0. The van der Waals surface area contributed by atoms with Gasteiger partial charge in [-0.2, -0.15) is 0 Å². The third kappa shape index (κ3) is 5.03. The maximum atomic E-state index is 5.85. The molecule has 0 saturated carbocycles. The zero-order valence-corrected chi connectivity index (χ0v) is 14.4. The van der Waals surface area contributed by atoms with Crippen molar-refractivity contribution in [1.29, 1.82) is 0 Å². The Morgan fingerprint density at radius 1 is 1.13 bits per heavy atom. The van der Waals surface area contributed by atoms with E-state index in [-0.39, 0.29) is 6.29 Å². The zero-order chi connectivity index (χ0) is 16.7. The minimum absolute atomic E-state index is 0.353. The van der Waals surface area contributed by atoms with Gasteiger partial charge in [0.2, 0.25) is 0 Å². The van der Waals surface area contributed by atoms with E-state index >= 15 is 0 Å². The van der Waals surface area contributed by atoms with Crippen LogP contribution in [0.15, 0.2) is 41.0 Å². The molecular formula is C19H26O4. The van der Waals surface area contributed by atoms with Gasteiger partial charge in [0.1, 0.15) is 5.76 Å². The first-order valence-electron chi connectivity index (χ1n) is 8.12. The third-order valence-electron chi connectivity index (χ3n) is 3.94. The second kappa shape index (κ2) is 8.63. The van der Waals surface area contributed by atoms with E-state index in [9.17, 15) is 0 Å². The monoisotopic (exact) mass is 318 g/mol. The summed E-state index contributed by atoms with van der Waals surface area (Å²) in [6.07, 6.45) is 3.13. The molecule has 2 atom stereocenters. The van der Waals surface area contributed by atoms with E-state index in [2.05, 4.69) is 19.9 Å². The van der Waals surface area contributed by atoms with E-state index in [4.69, 9.17) is 18.6 Å². The molecule has 0 fully saturated rings. The molecule has 0 spiro atoms. The average molecular weight is 318 g/mol. The van der Waals surface area contributed by atoms with Crippen LogP contribution in [0, 0.1) is 0 Å². The van der Waals surface area contributed by atoms with E-state index in [1.54, 1.807) is 13.4 Å². The van der Waals surface area contributed by atoms with Gasteiger partial charge in [-0.1, -0.05) is 19.9 Å². The molecule has 0 radical (unpaired) electrons. The molecule has 1 heterocycles. The maximum absolute atomic E-state index is 5.85. The third-order valence-corrected chi connectivity index (χ3v) is 3.94. The Morgan fingerprint density at radius 3 is 2.61 bits per heavy atom. The first-order valence-corrected chi connectivity index (χ1v) is 8.12. The number of ether oxygens (including phenoxy) is 3. The van der Waals surface area contributed by atoms with Gasteiger partial charge in [0, 0.05) is 6.42 Å². The van der Waals surface area contributed by atoms with Crippen molar-refractivity contribution in [2.75, 3.05) is 13.7 Å². The van der Waals surface area contributed by atoms with Crippen molar-refractivity contribution in [2.24, 2.45) is 0 Å². The van der Waals surface area contributed by atoms with E-state index in [1.165, 1.54) is 5.56 Å². The van der Waals surface area contributed by atoms with Crippen LogP contribution in [0.1, 0.15) is 44.4 Å². The Hall–Kier alpha value is -1.94. The van der Waals surface area contributed by atoms with E-state index in [0.717, 1.165) is 24.4 Å². The Labute approximate surface area is 138 Å². The van der Waals surface area contributed by atoms with Crippen LogP contribution in [0.2, 0.25) is 0 Å². The highest BCUT2D eigenvalue weighted by atomic mass is 16.7. The quantitative estimate of drug-likeness (QED) is 0.624.